The Bertz CT molecular complexity index is 251. The first-order valence-electron chi connectivity index (χ1n) is 4.18. The van der Waals surface area contributed by atoms with Crippen LogP contribution in [0.1, 0.15) is 13.3 Å². The number of amides is 3. The molecule has 0 aromatic rings. The maximum absolute atomic E-state index is 11.4. The van der Waals surface area contributed by atoms with Crippen LogP contribution in [0.15, 0.2) is 0 Å². The highest BCUT2D eigenvalue weighted by Gasteiger charge is 2.48. The zero-order valence-electron chi connectivity index (χ0n) is 7.28. The van der Waals surface area contributed by atoms with Crippen LogP contribution in [0.4, 0.5) is 4.79 Å². The van der Waals surface area contributed by atoms with Crippen molar-refractivity contribution in [3.63, 3.8) is 0 Å². The highest BCUT2D eigenvalue weighted by Crippen LogP contribution is 2.36. The summed E-state index contributed by atoms with van der Waals surface area (Å²) in [4.78, 5) is 25.5. The molecule has 1 heterocycles. The molecule has 0 aromatic heterocycles. The number of rotatable bonds is 1. The van der Waals surface area contributed by atoms with E-state index in [2.05, 4.69) is 6.92 Å². The lowest BCUT2D eigenvalue weighted by atomic mass is 10.4. The number of carbonyl (C=O) groups excluding carboxylic acids is 2. The predicted molar refractivity (Wildman–Crippen MR) is 42.4 cm³/mol. The van der Waals surface area contributed by atoms with Gasteiger partial charge >= 0.3 is 6.03 Å². The molecule has 1 saturated carbocycles. The smallest absolute Gasteiger partial charge is 0.318 e. The summed E-state index contributed by atoms with van der Waals surface area (Å²) in [6.45, 7) is 2.31. The summed E-state index contributed by atoms with van der Waals surface area (Å²) in [5, 5.41) is 0. The van der Waals surface area contributed by atoms with E-state index in [9.17, 15) is 9.59 Å². The van der Waals surface area contributed by atoms with Gasteiger partial charge in [0.05, 0.1) is 0 Å². The summed E-state index contributed by atoms with van der Waals surface area (Å²) in [6, 6.07) is 0.0595. The van der Waals surface area contributed by atoms with E-state index >= 15 is 0 Å². The van der Waals surface area contributed by atoms with Crippen LogP contribution in [0.2, 0.25) is 0 Å². The van der Waals surface area contributed by atoms with Crippen molar-refractivity contribution in [1.82, 2.24) is 9.80 Å². The average Bonchev–Trinajstić information content (AvgIpc) is 2.61. The third kappa shape index (κ3) is 0.906. The molecule has 2 atom stereocenters. The molecule has 1 aliphatic carbocycles. The van der Waals surface area contributed by atoms with E-state index in [4.69, 9.17) is 0 Å². The number of hydrogen-bond acceptors (Lipinski definition) is 2. The molecular weight excluding hydrogens is 156 g/mol. The summed E-state index contributed by atoms with van der Waals surface area (Å²) in [7, 11) is 1.66. The molecule has 0 radical (unpaired) electrons. The van der Waals surface area contributed by atoms with Gasteiger partial charge in [-0.15, -0.1) is 0 Å². The van der Waals surface area contributed by atoms with Crippen LogP contribution in [0, 0.1) is 5.92 Å². The lowest BCUT2D eigenvalue weighted by Gasteiger charge is -2.12. The monoisotopic (exact) mass is 168 g/mol. The van der Waals surface area contributed by atoms with E-state index < -0.39 is 0 Å². The largest absolute Gasteiger partial charge is 0.327 e. The van der Waals surface area contributed by atoms with E-state index in [-0.39, 0.29) is 24.5 Å². The van der Waals surface area contributed by atoms with Gasteiger partial charge in [-0.3, -0.25) is 9.69 Å². The first-order valence-corrected chi connectivity index (χ1v) is 4.18. The fourth-order valence-corrected chi connectivity index (χ4v) is 1.63. The Kier molecular flexibility index (Phi) is 1.40. The van der Waals surface area contributed by atoms with Crippen LogP contribution >= 0.6 is 0 Å². The Hall–Kier alpha value is -1.06. The van der Waals surface area contributed by atoms with Crippen LogP contribution in [0.25, 0.3) is 0 Å². The van der Waals surface area contributed by atoms with Crippen molar-refractivity contribution in [2.75, 3.05) is 13.6 Å². The lowest BCUT2D eigenvalue weighted by Crippen LogP contribution is -2.34. The second-order valence-corrected chi connectivity index (χ2v) is 3.68. The molecule has 0 N–H and O–H groups in total. The lowest BCUT2D eigenvalue weighted by molar-refractivity contribution is -0.125. The van der Waals surface area contributed by atoms with Gasteiger partial charge in [-0.25, -0.2) is 4.79 Å². The summed E-state index contributed by atoms with van der Waals surface area (Å²) >= 11 is 0. The first-order chi connectivity index (χ1) is 5.61. The van der Waals surface area contributed by atoms with Gasteiger partial charge in [-0.1, -0.05) is 6.92 Å². The molecule has 1 aliphatic heterocycles. The number of nitrogens with zero attached hydrogens (tertiary/aromatic N) is 2. The third-order valence-electron chi connectivity index (χ3n) is 2.57. The van der Waals surface area contributed by atoms with E-state index in [1.807, 2.05) is 0 Å². The molecule has 1 saturated heterocycles. The molecule has 2 unspecified atom stereocenters. The van der Waals surface area contributed by atoms with Crippen LogP contribution in [0.5, 0.6) is 0 Å². The number of likely N-dealkylation sites (N-methyl/N-ethyl adjacent to an activating group) is 1. The van der Waals surface area contributed by atoms with Crippen LogP contribution in [-0.2, 0) is 4.79 Å². The van der Waals surface area contributed by atoms with Gasteiger partial charge in [0.25, 0.3) is 5.91 Å². The van der Waals surface area contributed by atoms with E-state index in [1.54, 1.807) is 7.05 Å². The minimum atomic E-state index is -0.130. The molecule has 2 aliphatic rings. The highest BCUT2D eigenvalue weighted by molar-refractivity contribution is 6.02. The maximum atomic E-state index is 11.4. The number of hydrogen-bond donors (Lipinski definition) is 0. The first kappa shape index (κ1) is 7.58. The number of carbonyl (C=O) groups is 2. The van der Waals surface area contributed by atoms with Crippen LogP contribution in [-0.4, -0.2) is 41.4 Å². The van der Waals surface area contributed by atoms with Crippen molar-refractivity contribution in [1.29, 1.82) is 0 Å². The van der Waals surface area contributed by atoms with Gasteiger partial charge in [-0.2, -0.15) is 0 Å². The Labute approximate surface area is 71.1 Å². The third-order valence-corrected chi connectivity index (χ3v) is 2.57. The SMILES string of the molecule is CC1CC1N1C(=O)CN(C)C1=O. The summed E-state index contributed by atoms with van der Waals surface area (Å²) < 4.78 is 0. The van der Waals surface area contributed by atoms with Crippen molar-refractivity contribution in [2.24, 2.45) is 5.92 Å². The Morgan fingerprint density at radius 3 is 2.33 bits per heavy atom. The summed E-state index contributed by atoms with van der Waals surface area (Å²) in [5.74, 6) is 0.459. The van der Waals surface area contributed by atoms with Gasteiger partial charge in [0.15, 0.2) is 0 Å². The molecular formula is C8H12N2O2. The molecule has 66 valence electrons. The van der Waals surface area contributed by atoms with Crippen LogP contribution < -0.4 is 0 Å². The Balaban J connectivity index is 2.14. The molecule has 12 heavy (non-hydrogen) atoms. The quantitative estimate of drug-likeness (QED) is 0.528. The minimum Gasteiger partial charge on any atom is -0.318 e. The molecule has 4 heteroatoms. The van der Waals surface area contributed by atoms with Gasteiger partial charge < -0.3 is 4.90 Å². The normalized spacial score (nSPS) is 34.8. The van der Waals surface area contributed by atoms with Crippen molar-refractivity contribution < 1.29 is 9.59 Å². The number of imide groups is 1. The van der Waals surface area contributed by atoms with Crippen molar-refractivity contribution in [3.8, 4) is 0 Å². The zero-order valence-corrected chi connectivity index (χ0v) is 7.28. The Morgan fingerprint density at radius 2 is 2.00 bits per heavy atom. The van der Waals surface area contributed by atoms with Gasteiger partial charge in [0.1, 0.15) is 6.54 Å². The molecule has 3 amide bonds. The fraction of sp³-hybridized carbons (Fsp3) is 0.750. The van der Waals surface area contributed by atoms with E-state index in [0.29, 0.717) is 5.92 Å². The summed E-state index contributed by atoms with van der Waals surface area (Å²) in [5.41, 5.74) is 0. The highest BCUT2D eigenvalue weighted by atomic mass is 16.2. The Morgan fingerprint density at radius 1 is 1.42 bits per heavy atom. The molecule has 2 rings (SSSR count). The van der Waals surface area contributed by atoms with Crippen molar-refractivity contribution in [2.45, 2.75) is 19.4 Å². The minimum absolute atomic E-state index is 0.0446. The fourth-order valence-electron chi connectivity index (χ4n) is 1.63. The molecule has 4 nitrogen and oxygen atoms in total. The topological polar surface area (TPSA) is 40.6 Å². The number of urea groups is 1. The van der Waals surface area contributed by atoms with Gasteiger partial charge in [-0.05, 0) is 12.3 Å². The average molecular weight is 168 g/mol. The standard InChI is InChI=1S/C8H12N2O2/c1-5-3-6(5)10-7(11)4-9(2)8(10)12/h5-6H,3-4H2,1-2H3. The molecule has 0 bridgehead atoms. The second kappa shape index (κ2) is 2.21. The molecule has 2 fully saturated rings. The van der Waals surface area contributed by atoms with Crippen LogP contribution in [0.3, 0.4) is 0 Å². The zero-order chi connectivity index (χ0) is 8.88. The van der Waals surface area contributed by atoms with Crippen molar-refractivity contribution in [3.05, 3.63) is 0 Å². The van der Waals surface area contributed by atoms with Crippen molar-refractivity contribution >= 4 is 11.9 Å². The maximum Gasteiger partial charge on any atom is 0.327 e. The predicted octanol–water partition coefficient (Wildman–Crippen LogP) is 0.289. The van der Waals surface area contributed by atoms with E-state index in [0.717, 1.165) is 6.42 Å². The van der Waals surface area contributed by atoms with Gasteiger partial charge in [0.2, 0.25) is 0 Å². The second-order valence-electron chi connectivity index (χ2n) is 3.68. The molecule has 0 spiro atoms. The molecule has 0 aromatic carbocycles. The summed E-state index contributed by atoms with van der Waals surface area (Å²) in [6.07, 6.45) is 0.978. The van der Waals surface area contributed by atoms with Gasteiger partial charge in [0, 0.05) is 13.1 Å². The van der Waals surface area contributed by atoms with E-state index in [1.165, 1.54) is 9.80 Å².